The van der Waals surface area contributed by atoms with Crippen molar-refractivity contribution >= 4 is 16.1 Å². The zero-order valence-corrected chi connectivity index (χ0v) is 35.0. The van der Waals surface area contributed by atoms with Gasteiger partial charge in [0.15, 0.2) is 0 Å². The highest BCUT2D eigenvalue weighted by Crippen LogP contribution is 2.76. The van der Waals surface area contributed by atoms with Gasteiger partial charge in [0.25, 0.3) is 10.1 Å². The molecule has 7 aliphatic carbocycles. The maximum absolute atomic E-state index is 14.0. The molecule has 0 spiro atoms. The minimum atomic E-state index is -3.50. The first-order valence-corrected chi connectivity index (χ1v) is 23.2. The fourth-order valence-corrected chi connectivity index (χ4v) is 15.8. The van der Waals surface area contributed by atoms with Crippen LogP contribution in [-0.2, 0) is 19.1 Å². The van der Waals surface area contributed by atoms with Gasteiger partial charge in [-0.05, 0) is 178 Å². The molecule has 0 aromatic rings. The topological polar surface area (TPSA) is 113 Å². The molecule has 0 bridgehead atoms. The lowest BCUT2D eigenvalue weighted by Gasteiger charge is -2.72. The fraction of sp³-hybridized carbons (Fsp3) is 0.844. The lowest BCUT2D eigenvalue weighted by atomic mass is 9.33. The summed E-state index contributed by atoms with van der Waals surface area (Å²) in [4.78, 5) is 12.0. The normalized spacial score (nSPS) is 47.3. The number of nitrogens with one attached hydrogen (secondary N) is 1. The monoisotopic (exact) mass is 771 g/mol. The minimum Gasteiger partial charge on any atom is -0.481 e. The summed E-state index contributed by atoms with van der Waals surface area (Å²) in [5.74, 6) is 1.77. The summed E-state index contributed by atoms with van der Waals surface area (Å²) in [5, 5.41) is 25.5. The van der Waals surface area contributed by atoms with Crippen molar-refractivity contribution in [1.29, 1.82) is 0 Å². The van der Waals surface area contributed by atoms with Crippen LogP contribution in [0.15, 0.2) is 36.0 Å². The smallest absolute Gasteiger partial charge is 0.312 e. The van der Waals surface area contributed by atoms with Crippen molar-refractivity contribution in [3.8, 4) is 0 Å². The second-order valence-corrected chi connectivity index (χ2v) is 22.5. The van der Waals surface area contributed by atoms with Crippen LogP contribution >= 0.6 is 0 Å². The summed E-state index contributed by atoms with van der Waals surface area (Å²) in [7, 11) is -3.50. The van der Waals surface area contributed by atoms with Crippen molar-refractivity contribution in [1.82, 2.24) is 5.32 Å². The molecule has 0 unspecified atom stereocenters. The van der Waals surface area contributed by atoms with E-state index >= 15 is 0 Å². The van der Waals surface area contributed by atoms with Crippen molar-refractivity contribution in [2.45, 2.75) is 161 Å². The van der Waals surface area contributed by atoms with E-state index in [1.807, 2.05) is 0 Å². The Bertz CT molecular complexity index is 1660. The quantitative estimate of drug-likeness (QED) is 0.150. The van der Waals surface area contributed by atoms with Crippen LogP contribution in [-0.4, -0.2) is 61.3 Å². The zero-order valence-electron chi connectivity index (χ0n) is 34.2. The fourth-order valence-electron chi connectivity index (χ4n) is 15.2. The van der Waals surface area contributed by atoms with Crippen molar-refractivity contribution in [2.24, 2.45) is 56.7 Å². The number of aliphatic hydroxyl groups is 1. The number of carbonyl (C=O) groups is 1. The molecular formula is C45H70FNO6S. The second kappa shape index (κ2) is 13.8. The lowest BCUT2D eigenvalue weighted by Crippen LogP contribution is -2.68. The molecule has 0 aliphatic heterocycles. The van der Waals surface area contributed by atoms with Crippen LogP contribution < -0.4 is 5.32 Å². The molecule has 0 saturated heterocycles. The molecule has 304 valence electrons. The van der Waals surface area contributed by atoms with Crippen LogP contribution in [0.25, 0.3) is 0 Å². The zero-order chi connectivity index (χ0) is 39.2. The van der Waals surface area contributed by atoms with Gasteiger partial charge >= 0.3 is 5.97 Å². The van der Waals surface area contributed by atoms with Gasteiger partial charge in [-0.15, -0.1) is 6.58 Å². The molecule has 7 aliphatic rings. The molecule has 0 heterocycles. The Kier molecular flexibility index (Phi) is 10.4. The molecule has 0 amide bonds. The predicted octanol–water partition coefficient (Wildman–Crippen LogP) is 9.32. The number of aliphatic carboxylic acids is 1. The van der Waals surface area contributed by atoms with Gasteiger partial charge in [-0.25, -0.2) is 4.39 Å². The first kappa shape index (κ1) is 40.6. The van der Waals surface area contributed by atoms with Gasteiger partial charge in [-0.2, -0.15) is 8.42 Å². The predicted molar refractivity (Wildman–Crippen MR) is 212 cm³/mol. The third-order valence-electron chi connectivity index (χ3n) is 18.3. The Labute approximate surface area is 325 Å². The van der Waals surface area contributed by atoms with E-state index in [4.69, 9.17) is 4.18 Å². The maximum Gasteiger partial charge on any atom is 0.312 e. The number of hydrogen-bond acceptors (Lipinski definition) is 6. The van der Waals surface area contributed by atoms with E-state index in [1.54, 1.807) is 0 Å². The standard InChI is InChI=1S/C45H70FNO6S/c1-8-30-13-24-45(47-28-27-44(50)22-14-32(15-23-44)53-54(7,51)52)26-25-41(5)34(37(30)45)9-10-36-40(4)18-16-33(39(2,3)35(40)17-19-42(36,41)6)31-11-20-43(29-46,21-12-31)38(48)49/h8,11,16,30,32,34-37,47,50H,1,9-10,12-15,17-29H2,2-7H3,(H,48,49)/t30-,32?,34-,35+,36-,37-,40+,41-,42-,43+,44?,45+/m1/s1. The highest BCUT2D eigenvalue weighted by molar-refractivity contribution is 7.86. The van der Waals surface area contributed by atoms with Crippen molar-refractivity contribution in [3.05, 3.63) is 36.0 Å². The van der Waals surface area contributed by atoms with Gasteiger partial charge in [0.2, 0.25) is 0 Å². The summed E-state index contributed by atoms with van der Waals surface area (Å²) in [6.07, 6.45) is 22.5. The summed E-state index contributed by atoms with van der Waals surface area (Å²) >= 11 is 0. The van der Waals surface area contributed by atoms with Gasteiger partial charge in [0.05, 0.1) is 23.4 Å². The molecule has 7 nitrogen and oxygen atoms in total. The van der Waals surface area contributed by atoms with Gasteiger partial charge in [-0.3, -0.25) is 8.98 Å². The third kappa shape index (κ3) is 6.34. The summed E-state index contributed by atoms with van der Waals surface area (Å²) < 4.78 is 42.6. The summed E-state index contributed by atoms with van der Waals surface area (Å²) in [6, 6.07) is 0. The van der Waals surface area contributed by atoms with E-state index in [0.29, 0.717) is 74.5 Å². The van der Waals surface area contributed by atoms with E-state index in [9.17, 15) is 27.8 Å². The minimum absolute atomic E-state index is 0.0358. The number of carboxylic acid groups (broad SMARTS) is 1. The Morgan fingerprint density at radius 3 is 2.26 bits per heavy atom. The molecule has 9 heteroatoms. The van der Waals surface area contributed by atoms with Crippen LogP contribution in [0.5, 0.6) is 0 Å². The molecule has 10 atom stereocenters. The Balaban J connectivity index is 1.08. The summed E-state index contributed by atoms with van der Waals surface area (Å²) in [5.41, 5.74) is 1.21. The van der Waals surface area contributed by atoms with Gasteiger partial charge < -0.3 is 15.5 Å². The van der Waals surface area contributed by atoms with Crippen LogP contribution in [0.4, 0.5) is 4.39 Å². The lowest BCUT2D eigenvalue weighted by molar-refractivity contribution is -0.220. The van der Waals surface area contributed by atoms with E-state index in [0.717, 1.165) is 32.1 Å². The van der Waals surface area contributed by atoms with Crippen LogP contribution in [0, 0.1) is 56.7 Å². The first-order chi connectivity index (χ1) is 25.2. The van der Waals surface area contributed by atoms with E-state index in [1.165, 1.54) is 49.7 Å². The average Bonchev–Trinajstić information content (AvgIpc) is 3.47. The molecule has 0 aromatic heterocycles. The van der Waals surface area contributed by atoms with Crippen molar-refractivity contribution in [3.63, 3.8) is 0 Å². The van der Waals surface area contributed by atoms with E-state index < -0.39 is 33.8 Å². The molecule has 0 aromatic carbocycles. The number of fused-ring (bicyclic) bond motifs is 7. The van der Waals surface area contributed by atoms with Crippen LogP contribution in [0.2, 0.25) is 0 Å². The average molecular weight is 772 g/mol. The molecule has 54 heavy (non-hydrogen) atoms. The largest absolute Gasteiger partial charge is 0.481 e. The first-order valence-electron chi connectivity index (χ1n) is 21.4. The van der Waals surface area contributed by atoms with Crippen molar-refractivity contribution in [2.75, 3.05) is 19.5 Å². The van der Waals surface area contributed by atoms with Gasteiger partial charge in [0, 0.05) is 5.54 Å². The van der Waals surface area contributed by atoms with E-state index in [2.05, 4.69) is 64.7 Å². The van der Waals surface area contributed by atoms with E-state index in [-0.39, 0.29) is 39.7 Å². The third-order valence-corrected chi connectivity index (χ3v) is 18.9. The van der Waals surface area contributed by atoms with Gasteiger partial charge in [0.1, 0.15) is 6.67 Å². The second-order valence-electron chi connectivity index (χ2n) is 20.9. The number of allylic oxidation sites excluding steroid dienone is 5. The molecule has 5 fully saturated rings. The Morgan fingerprint density at radius 1 is 0.926 bits per heavy atom. The molecule has 3 N–H and O–H groups in total. The number of hydrogen-bond donors (Lipinski definition) is 3. The summed E-state index contributed by atoms with van der Waals surface area (Å²) in [6.45, 7) is 17.2. The van der Waals surface area contributed by atoms with Gasteiger partial charge in [-0.1, -0.05) is 52.8 Å². The van der Waals surface area contributed by atoms with Crippen molar-refractivity contribution < 1.29 is 32.0 Å². The maximum atomic E-state index is 14.0. The SMILES string of the molecule is C=C[C@@H]1CC[C@]2(NCCC3(O)CCC(OS(C)(=O)=O)CC3)CC[C@]3(C)[C@H](CC[C@@H]4[C@@]5(C)CC=C(C6=CC[C@](CF)(C(=O)O)CC6)C(C)(C)[C@@H]5CC[C@]43C)[C@@H]12. The molecule has 7 rings (SSSR count). The highest BCUT2D eigenvalue weighted by atomic mass is 32.2. The molecular weight excluding hydrogens is 702 g/mol. The molecule has 0 radical (unpaired) electrons. The number of carboxylic acids is 1. The van der Waals surface area contributed by atoms with Crippen LogP contribution in [0.1, 0.15) is 144 Å². The molecule has 5 saturated carbocycles. The Hall–Kier alpha value is -1.55. The number of halogens is 1. The highest BCUT2D eigenvalue weighted by Gasteiger charge is 2.70. The number of alkyl halides is 1. The Morgan fingerprint density at radius 2 is 1.65 bits per heavy atom. The number of rotatable bonds is 10. The van der Waals surface area contributed by atoms with Crippen LogP contribution in [0.3, 0.4) is 0 Å².